The molecule has 2 heterocycles. The number of rotatable bonds is 3. The van der Waals surface area contributed by atoms with Crippen LogP contribution in [0.1, 0.15) is 22.3 Å². The summed E-state index contributed by atoms with van der Waals surface area (Å²) < 4.78 is 0. The normalized spacial score (nSPS) is 20.0. The van der Waals surface area contributed by atoms with Gasteiger partial charge in [-0.1, -0.05) is 18.2 Å². The molecule has 2 aliphatic rings. The van der Waals surface area contributed by atoms with Gasteiger partial charge in [-0.15, -0.1) is 0 Å². The van der Waals surface area contributed by atoms with E-state index in [4.69, 9.17) is 0 Å². The van der Waals surface area contributed by atoms with Crippen molar-refractivity contribution in [3.8, 4) is 0 Å². The van der Waals surface area contributed by atoms with Crippen molar-refractivity contribution in [1.29, 1.82) is 0 Å². The number of carbonyl (C=O) groups excluding carboxylic acids is 1. The van der Waals surface area contributed by atoms with Crippen molar-refractivity contribution in [3.05, 3.63) is 35.4 Å². The van der Waals surface area contributed by atoms with Crippen LogP contribution in [0.5, 0.6) is 0 Å². The lowest BCUT2D eigenvalue weighted by atomic mass is 9.96. The molecule has 0 unspecified atom stereocenters. The second-order valence-electron chi connectivity index (χ2n) is 5.01. The zero-order valence-corrected chi connectivity index (χ0v) is 9.98. The molecule has 0 bridgehead atoms. The number of nitrogens with zero attached hydrogens (tertiary/aromatic N) is 1. The molecule has 0 atom stereocenters. The van der Waals surface area contributed by atoms with Gasteiger partial charge in [0.25, 0.3) is 5.91 Å². The van der Waals surface area contributed by atoms with Gasteiger partial charge in [0.15, 0.2) is 0 Å². The second-order valence-corrected chi connectivity index (χ2v) is 5.01. The zero-order valence-electron chi connectivity index (χ0n) is 9.98. The first-order valence-corrected chi connectivity index (χ1v) is 6.42. The predicted molar refractivity (Wildman–Crippen MR) is 67.0 cm³/mol. The molecule has 1 saturated heterocycles. The quantitative estimate of drug-likeness (QED) is 0.848. The fourth-order valence-electron chi connectivity index (χ4n) is 2.58. The van der Waals surface area contributed by atoms with E-state index < -0.39 is 0 Å². The number of benzene rings is 1. The van der Waals surface area contributed by atoms with E-state index >= 15 is 0 Å². The summed E-state index contributed by atoms with van der Waals surface area (Å²) in [4.78, 5) is 14.3. The molecule has 1 amide bonds. The third-order valence-electron chi connectivity index (χ3n) is 3.86. The summed E-state index contributed by atoms with van der Waals surface area (Å²) in [6.45, 7) is 4.05. The van der Waals surface area contributed by atoms with Crippen LogP contribution in [0, 0.1) is 5.92 Å². The topological polar surface area (TPSA) is 32.3 Å². The Labute approximate surface area is 102 Å². The molecule has 1 N–H and O–H groups in total. The van der Waals surface area contributed by atoms with Crippen molar-refractivity contribution in [3.63, 3.8) is 0 Å². The van der Waals surface area contributed by atoms with Crippen molar-refractivity contribution in [2.24, 2.45) is 5.92 Å². The van der Waals surface area contributed by atoms with Gasteiger partial charge in [-0.05, 0) is 43.5 Å². The standard InChI is InChI=1S/C14H18N2O/c17-14-13-4-2-1-3-12(13)6-8-16(14)7-5-11-9-15-10-11/h1-4,11,15H,5-10H2. The summed E-state index contributed by atoms with van der Waals surface area (Å²) in [7, 11) is 0. The molecule has 3 rings (SSSR count). The average molecular weight is 230 g/mol. The summed E-state index contributed by atoms with van der Waals surface area (Å²) in [6.07, 6.45) is 2.14. The van der Waals surface area contributed by atoms with Crippen LogP contribution in [0.25, 0.3) is 0 Å². The SMILES string of the molecule is O=C1c2ccccc2CCN1CCC1CNC1. The molecule has 0 radical (unpaired) electrons. The summed E-state index contributed by atoms with van der Waals surface area (Å²) in [5.74, 6) is 0.999. The molecule has 1 aromatic carbocycles. The summed E-state index contributed by atoms with van der Waals surface area (Å²) in [5.41, 5.74) is 2.12. The minimum atomic E-state index is 0.221. The van der Waals surface area contributed by atoms with Crippen molar-refractivity contribution < 1.29 is 4.79 Å². The molecule has 2 aliphatic heterocycles. The van der Waals surface area contributed by atoms with E-state index in [0.717, 1.165) is 50.5 Å². The van der Waals surface area contributed by atoms with Crippen molar-refractivity contribution in [1.82, 2.24) is 10.2 Å². The fourth-order valence-corrected chi connectivity index (χ4v) is 2.58. The lowest BCUT2D eigenvalue weighted by Gasteiger charge is -2.32. The van der Waals surface area contributed by atoms with Crippen LogP contribution in [-0.2, 0) is 6.42 Å². The van der Waals surface area contributed by atoms with E-state index in [-0.39, 0.29) is 5.91 Å². The highest BCUT2D eigenvalue weighted by Crippen LogP contribution is 2.19. The highest BCUT2D eigenvalue weighted by Gasteiger charge is 2.25. The molecule has 0 aromatic heterocycles. The molecule has 1 aromatic rings. The van der Waals surface area contributed by atoms with Gasteiger partial charge in [0, 0.05) is 18.7 Å². The monoisotopic (exact) mass is 230 g/mol. The summed E-state index contributed by atoms with van der Waals surface area (Å²) >= 11 is 0. The van der Waals surface area contributed by atoms with Gasteiger partial charge >= 0.3 is 0 Å². The maximum absolute atomic E-state index is 12.2. The Bertz CT molecular complexity index is 426. The number of fused-ring (bicyclic) bond motifs is 1. The molecule has 0 aliphatic carbocycles. The van der Waals surface area contributed by atoms with Gasteiger partial charge in [-0.2, -0.15) is 0 Å². The fraction of sp³-hybridized carbons (Fsp3) is 0.500. The number of amides is 1. The third kappa shape index (κ3) is 2.07. The van der Waals surface area contributed by atoms with Gasteiger partial charge in [-0.3, -0.25) is 4.79 Å². The first-order valence-electron chi connectivity index (χ1n) is 6.42. The van der Waals surface area contributed by atoms with Gasteiger partial charge in [-0.25, -0.2) is 0 Å². The summed E-state index contributed by atoms with van der Waals surface area (Å²) in [5, 5.41) is 3.27. The molecule has 0 spiro atoms. The van der Waals surface area contributed by atoms with Crippen LogP contribution in [0.2, 0.25) is 0 Å². The number of hydrogen-bond acceptors (Lipinski definition) is 2. The van der Waals surface area contributed by atoms with E-state index in [1.54, 1.807) is 0 Å². The highest BCUT2D eigenvalue weighted by atomic mass is 16.2. The van der Waals surface area contributed by atoms with Gasteiger partial charge < -0.3 is 10.2 Å². The highest BCUT2D eigenvalue weighted by molar-refractivity contribution is 5.96. The van der Waals surface area contributed by atoms with E-state index in [1.165, 1.54) is 5.56 Å². The molecular formula is C14H18N2O. The Morgan fingerprint density at radius 2 is 2.12 bits per heavy atom. The molecule has 17 heavy (non-hydrogen) atoms. The second kappa shape index (κ2) is 4.49. The Kier molecular flexibility index (Phi) is 2.85. The minimum Gasteiger partial charge on any atom is -0.338 e. The van der Waals surface area contributed by atoms with E-state index in [1.807, 2.05) is 23.1 Å². The molecule has 0 saturated carbocycles. The van der Waals surface area contributed by atoms with Gasteiger partial charge in [0.1, 0.15) is 0 Å². The van der Waals surface area contributed by atoms with Gasteiger partial charge in [0.2, 0.25) is 0 Å². The first-order chi connectivity index (χ1) is 8.34. The zero-order chi connectivity index (χ0) is 11.7. The Morgan fingerprint density at radius 3 is 2.88 bits per heavy atom. The molecular weight excluding hydrogens is 212 g/mol. The van der Waals surface area contributed by atoms with Crippen LogP contribution in [0.4, 0.5) is 0 Å². The average Bonchev–Trinajstić information content (AvgIpc) is 2.30. The largest absolute Gasteiger partial charge is 0.338 e. The lowest BCUT2D eigenvalue weighted by molar-refractivity contribution is 0.0724. The van der Waals surface area contributed by atoms with Crippen molar-refractivity contribution in [2.45, 2.75) is 12.8 Å². The Balaban J connectivity index is 1.66. The van der Waals surface area contributed by atoms with Crippen LogP contribution in [0.15, 0.2) is 24.3 Å². The van der Waals surface area contributed by atoms with Crippen LogP contribution >= 0.6 is 0 Å². The minimum absolute atomic E-state index is 0.221. The molecule has 3 nitrogen and oxygen atoms in total. The summed E-state index contributed by atoms with van der Waals surface area (Å²) in [6, 6.07) is 7.99. The lowest BCUT2D eigenvalue weighted by Crippen LogP contribution is -2.45. The molecule has 3 heteroatoms. The number of hydrogen-bond donors (Lipinski definition) is 1. The van der Waals surface area contributed by atoms with Gasteiger partial charge in [0.05, 0.1) is 0 Å². The Morgan fingerprint density at radius 1 is 1.29 bits per heavy atom. The predicted octanol–water partition coefficient (Wildman–Crippen LogP) is 1.29. The third-order valence-corrected chi connectivity index (χ3v) is 3.86. The smallest absolute Gasteiger partial charge is 0.254 e. The van der Waals surface area contributed by atoms with E-state index in [2.05, 4.69) is 11.4 Å². The first kappa shape index (κ1) is 10.8. The van der Waals surface area contributed by atoms with Crippen LogP contribution in [-0.4, -0.2) is 37.0 Å². The van der Waals surface area contributed by atoms with Crippen LogP contribution in [0.3, 0.4) is 0 Å². The van der Waals surface area contributed by atoms with Crippen molar-refractivity contribution >= 4 is 5.91 Å². The molecule has 90 valence electrons. The maximum atomic E-state index is 12.2. The van der Waals surface area contributed by atoms with E-state index in [0.29, 0.717) is 0 Å². The number of carbonyl (C=O) groups is 1. The van der Waals surface area contributed by atoms with Crippen LogP contribution < -0.4 is 5.32 Å². The van der Waals surface area contributed by atoms with Crippen molar-refractivity contribution in [2.75, 3.05) is 26.2 Å². The number of nitrogens with one attached hydrogen (secondary N) is 1. The Hall–Kier alpha value is -1.35. The molecule has 1 fully saturated rings. The van der Waals surface area contributed by atoms with E-state index in [9.17, 15) is 4.79 Å². The maximum Gasteiger partial charge on any atom is 0.254 e.